The Balaban J connectivity index is 2.09. The van der Waals surface area contributed by atoms with Crippen molar-refractivity contribution in [3.8, 4) is 0 Å². The van der Waals surface area contributed by atoms with E-state index in [1.54, 1.807) is 0 Å². The molecule has 0 amide bonds. The van der Waals surface area contributed by atoms with Crippen LogP contribution in [0.5, 0.6) is 0 Å². The van der Waals surface area contributed by atoms with Crippen molar-refractivity contribution in [3.63, 3.8) is 0 Å². The summed E-state index contributed by atoms with van der Waals surface area (Å²) in [6.07, 6.45) is 3.74. The first-order valence-corrected chi connectivity index (χ1v) is 6.71. The number of aromatic amines is 1. The number of anilines is 1. The van der Waals surface area contributed by atoms with Crippen LogP contribution >= 0.6 is 0 Å². The Hall–Kier alpha value is -1.55. The van der Waals surface area contributed by atoms with Gasteiger partial charge in [-0.15, -0.1) is 0 Å². The predicted molar refractivity (Wildman–Crippen MR) is 74.9 cm³/mol. The molecule has 1 atom stereocenters. The average Bonchev–Trinajstić information content (AvgIpc) is 2.81. The second kappa shape index (κ2) is 4.61. The topological polar surface area (TPSA) is 57.9 Å². The van der Waals surface area contributed by atoms with Crippen LogP contribution in [0.15, 0.2) is 18.2 Å². The minimum absolute atomic E-state index is 0.471. The summed E-state index contributed by atoms with van der Waals surface area (Å²) in [7, 11) is 0. The normalized spacial score (nSPS) is 20.6. The van der Waals surface area contributed by atoms with E-state index in [1.165, 1.54) is 30.3 Å². The zero-order valence-electron chi connectivity index (χ0n) is 10.8. The average molecular weight is 244 g/mol. The van der Waals surface area contributed by atoms with Crippen LogP contribution in [0.4, 0.5) is 5.69 Å². The van der Waals surface area contributed by atoms with Gasteiger partial charge in [-0.25, -0.2) is 0 Å². The second-order valence-electron chi connectivity index (χ2n) is 5.10. The molecule has 3 N–H and O–H groups in total. The van der Waals surface area contributed by atoms with Crippen molar-refractivity contribution < 1.29 is 0 Å². The number of rotatable bonds is 2. The van der Waals surface area contributed by atoms with Crippen LogP contribution in [0.1, 0.15) is 25.0 Å². The van der Waals surface area contributed by atoms with E-state index < -0.39 is 0 Å². The molecule has 2 heterocycles. The molecule has 1 fully saturated rings. The Morgan fingerprint density at radius 3 is 3.17 bits per heavy atom. The molecule has 4 nitrogen and oxygen atoms in total. The number of hydrogen-bond acceptors (Lipinski definition) is 3. The molecule has 0 saturated carbocycles. The number of nitrogens with one attached hydrogen (secondary N) is 1. The Kier molecular flexibility index (Phi) is 2.96. The molecule has 96 valence electrons. The summed E-state index contributed by atoms with van der Waals surface area (Å²) in [5.74, 6) is 0. The van der Waals surface area contributed by atoms with E-state index in [-0.39, 0.29) is 0 Å². The van der Waals surface area contributed by atoms with Crippen molar-refractivity contribution in [2.24, 2.45) is 5.73 Å². The lowest BCUT2D eigenvalue weighted by atomic mass is 10.00. The molecule has 1 saturated heterocycles. The molecule has 1 aliphatic rings. The highest BCUT2D eigenvalue weighted by atomic mass is 15.2. The van der Waals surface area contributed by atoms with E-state index in [0.717, 1.165) is 24.3 Å². The minimum Gasteiger partial charge on any atom is -0.367 e. The highest BCUT2D eigenvalue weighted by Gasteiger charge is 2.23. The smallest absolute Gasteiger partial charge is 0.0944 e. The summed E-state index contributed by atoms with van der Waals surface area (Å²) in [6, 6.07) is 6.81. The molecule has 1 aromatic heterocycles. The number of benzene rings is 1. The Labute approximate surface area is 107 Å². The summed E-state index contributed by atoms with van der Waals surface area (Å²) in [5.41, 5.74) is 9.40. The first kappa shape index (κ1) is 11.5. The van der Waals surface area contributed by atoms with E-state index in [4.69, 9.17) is 5.73 Å². The van der Waals surface area contributed by atoms with Crippen molar-refractivity contribution in [2.75, 3.05) is 18.0 Å². The van der Waals surface area contributed by atoms with Gasteiger partial charge in [-0.2, -0.15) is 5.10 Å². The van der Waals surface area contributed by atoms with E-state index in [0.29, 0.717) is 6.04 Å². The number of fused-ring (bicyclic) bond motifs is 1. The molecule has 0 radical (unpaired) electrons. The molecule has 4 heteroatoms. The standard InChI is InChI=1S/C14H20N4/c1-10-14-12(17-16-10)6-4-7-13(14)18-8-3-2-5-11(18)9-15/h4,6-7,11H,2-3,5,8-9,15H2,1H3,(H,16,17). The van der Waals surface area contributed by atoms with Crippen molar-refractivity contribution in [1.82, 2.24) is 10.2 Å². The molecule has 0 aliphatic carbocycles. The second-order valence-corrected chi connectivity index (χ2v) is 5.10. The lowest BCUT2D eigenvalue weighted by Crippen LogP contribution is -2.44. The number of aryl methyl sites for hydroxylation is 1. The van der Waals surface area contributed by atoms with Crippen LogP contribution in [0.2, 0.25) is 0 Å². The molecular formula is C14H20N4. The highest BCUT2D eigenvalue weighted by molar-refractivity contribution is 5.94. The quantitative estimate of drug-likeness (QED) is 0.851. The van der Waals surface area contributed by atoms with Gasteiger partial charge < -0.3 is 10.6 Å². The van der Waals surface area contributed by atoms with E-state index in [1.807, 2.05) is 0 Å². The Morgan fingerprint density at radius 1 is 1.44 bits per heavy atom. The van der Waals surface area contributed by atoms with E-state index >= 15 is 0 Å². The fourth-order valence-corrected chi connectivity index (χ4v) is 3.01. The monoisotopic (exact) mass is 244 g/mol. The SMILES string of the molecule is Cc1[nH]nc2cccc(N3CCCCC3CN)c12. The number of nitrogens with zero attached hydrogens (tertiary/aromatic N) is 2. The maximum atomic E-state index is 5.92. The van der Waals surface area contributed by atoms with Crippen LogP contribution in [-0.4, -0.2) is 29.3 Å². The third-order valence-electron chi connectivity index (χ3n) is 3.95. The number of piperidine rings is 1. The largest absolute Gasteiger partial charge is 0.367 e. The summed E-state index contributed by atoms with van der Waals surface area (Å²) < 4.78 is 0. The maximum absolute atomic E-state index is 5.92. The van der Waals surface area contributed by atoms with Gasteiger partial charge in [0.15, 0.2) is 0 Å². The summed E-state index contributed by atoms with van der Waals surface area (Å²) in [5, 5.41) is 8.67. The third-order valence-corrected chi connectivity index (χ3v) is 3.95. The van der Waals surface area contributed by atoms with Crippen LogP contribution < -0.4 is 10.6 Å². The fraction of sp³-hybridized carbons (Fsp3) is 0.500. The van der Waals surface area contributed by atoms with Crippen molar-refractivity contribution >= 4 is 16.6 Å². The zero-order valence-corrected chi connectivity index (χ0v) is 10.8. The first-order valence-electron chi connectivity index (χ1n) is 6.71. The number of aromatic nitrogens is 2. The van der Waals surface area contributed by atoms with Gasteiger partial charge in [0.2, 0.25) is 0 Å². The molecule has 1 unspecified atom stereocenters. The summed E-state index contributed by atoms with van der Waals surface area (Å²) in [6.45, 7) is 3.92. The van der Waals surface area contributed by atoms with Gasteiger partial charge in [-0.1, -0.05) is 6.07 Å². The Morgan fingerprint density at radius 2 is 2.33 bits per heavy atom. The Bertz CT molecular complexity index is 546. The van der Waals surface area contributed by atoms with Crippen molar-refractivity contribution in [3.05, 3.63) is 23.9 Å². The number of hydrogen-bond donors (Lipinski definition) is 2. The van der Waals surface area contributed by atoms with Crippen molar-refractivity contribution in [1.29, 1.82) is 0 Å². The lowest BCUT2D eigenvalue weighted by molar-refractivity contribution is 0.466. The molecule has 0 bridgehead atoms. The molecular weight excluding hydrogens is 224 g/mol. The molecule has 2 aromatic rings. The van der Waals surface area contributed by atoms with Crippen LogP contribution in [0.25, 0.3) is 10.9 Å². The van der Waals surface area contributed by atoms with Crippen LogP contribution in [-0.2, 0) is 0 Å². The van der Waals surface area contributed by atoms with E-state index in [9.17, 15) is 0 Å². The first-order chi connectivity index (χ1) is 8.81. The van der Waals surface area contributed by atoms with Gasteiger partial charge in [0.1, 0.15) is 0 Å². The van der Waals surface area contributed by atoms with Gasteiger partial charge in [0, 0.05) is 35.9 Å². The van der Waals surface area contributed by atoms with E-state index in [2.05, 4.69) is 40.2 Å². The summed E-state index contributed by atoms with van der Waals surface area (Å²) in [4.78, 5) is 2.47. The van der Waals surface area contributed by atoms with Crippen LogP contribution in [0.3, 0.4) is 0 Å². The molecule has 1 aliphatic heterocycles. The molecule has 18 heavy (non-hydrogen) atoms. The van der Waals surface area contributed by atoms with Gasteiger partial charge in [0.25, 0.3) is 0 Å². The number of nitrogens with two attached hydrogens (primary N) is 1. The molecule has 3 rings (SSSR count). The third kappa shape index (κ3) is 1.77. The van der Waals surface area contributed by atoms with Gasteiger partial charge in [0.05, 0.1) is 5.52 Å². The number of H-pyrrole nitrogens is 1. The zero-order chi connectivity index (χ0) is 12.5. The lowest BCUT2D eigenvalue weighted by Gasteiger charge is -2.37. The molecule has 0 spiro atoms. The predicted octanol–water partition coefficient (Wildman–Crippen LogP) is 2.19. The maximum Gasteiger partial charge on any atom is 0.0944 e. The highest BCUT2D eigenvalue weighted by Crippen LogP contribution is 2.32. The van der Waals surface area contributed by atoms with Crippen LogP contribution in [0, 0.1) is 6.92 Å². The molecule has 1 aromatic carbocycles. The minimum atomic E-state index is 0.471. The van der Waals surface area contributed by atoms with Crippen molar-refractivity contribution in [2.45, 2.75) is 32.2 Å². The summed E-state index contributed by atoms with van der Waals surface area (Å²) >= 11 is 0. The van der Waals surface area contributed by atoms with Gasteiger partial charge >= 0.3 is 0 Å². The van der Waals surface area contributed by atoms with Gasteiger partial charge in [-0.3, -0.25) is 5.10 Å². The fourth-order valence-electron chi connectivity index (χ4n) is 3.01. The van der Waals surface area contributed by atoms with Gasteiger partial charge in [-0.05, 0) is 38.3 Å².